The Morgan fingerprint density at radius 2 is 2.16 bits per heavy atom. The van der Waals surface area contributed by atoms with E-state index in [1.54, 1.807) is 24.5 Å². The number of methoxy groups -OCH3 is 1. The highest BCUT2D eigenvalue weighted by Gasteiger charge is 2.22. The van der Waals surface area contributed by atoms with E-state index in [0.717, 1.165) is 11.3 Å². The molecule has 0 amide bonds. The third kappa shape index (κ3) is 2.63. The Morgan fingerprint density at radius 3 is 2.84 bits per heavy atom. The molecule has 0 saturated heterocycles. The van der Waals surface area contributed by atoms with Crippen LogP contribution >= 0.6 is 0 Å². The van der Waals surface area contributed by atoms with Gasteiger partial charge in [0, 0.05) is 23.2 Å². The molecule has 4 heteroatoms. The van der Waals surface area contributed by atoms with E-state index in [0.29, 0.717) is 23.9 Å². The zero-order chi connectivity index (χ0) is 13.2. The molecule has 0 bridgehead atoms. The van der Waals surface area contributed by atoms with Crippen LogP contribution in [0.4, 0.5) is 4.39 Å². The highest BCUT2D eigenvalue weighted by Crippen LogP contribution is 2.30. The summed E-state index contributed by atoms with van der Waals surface area (Å²) in [5.74, 6) is 0.992. The van der Waals surface area contributed by atoms with E-state index in [1.165, 1.54) is 26.0 Å². The number of nitrogens with one attached hydrogen (secondary N) is 1. The standard InChI is InChI=1S/C15H16FNO2/c1-18-11-4-5-12(14(16)8-11)13-6-7-19-15(13)9-17-10-2-3-10/h4-8,10,17H,2-3,9H2,1H3. The first-order valence-electron chi connectivity index (χ1n) is 6.41. The smallest absolute Gasteiger partial charge is 0.134 e. The lowest BCUT2D eigenvalue weighted by molar-refractivity contribution is 0.411. The van der Waals surface area contributed by atoms with Gasteiger partial charge >= 0.3 is 0 Å². The van der Waals surface area contributed by atoms with Gasteiger partial charge in [-0.2, -0.15) is 0 Å². The van der Waals surface area contributed by atoms with Crippen molar-refractivity contribution < 1.29 is 13.5 Å². The summed E-state index contributed by atoms with van der Waals surface area (Å²) in [4.78, 5) is 0. The topological polar surface area (TPSA) is 34.4 Å². The van der Waals surface area contributed by atoms with Crippen LogP contribution in [0.15, 0.2) is 34.9 Å². The monoisotopic (exact) mass is 261 g/mol. The number of rotatable bonds is 5. The van der Waals surface area contributed by atoms with Gasteiger partial charge in [0.1, 0.15) is 17.3 Å². The van der Waals surface area contributed by atoms with Crippen LogP contribution in [0.5, 0.6) is 5.75 Å². The second-order valence-electron chi connectivity index (χ2n) is 4.76. The number of hydrogen-bond donors (Lipinski definition) is 1. The summed E-state index contributed by atoms with van der Waals surface area (Å²) in [6.07, 6.45) is 4.03. The van der Waals surface area contributed by atoms with Gasteiger partial charge in [0.2, 0.25) is 0 Å². The Labute approximate surface area is 111 Å². The lowest BCUT2D eigenvalue weighted by Crippen LogP contribution is -2.15. The molecule has 1 aliphatic carbocycles. The molecule has 3 nitrogen and oxygen atoms in total. The van der Waals surface area contributed by atoms with Crippen LogP contribution in [0, 0.1) is 5.82 Å². The van der Waals surface area contributed by atoms with Crippen molar-refractivity contribution in [3.63, 3.8) is 0 Å². The van der Waals surface area contributed by atoms with E-state index in [1.807, 2.05) is 0 Å². The number of benzene rings is 1. The summed E-state index contributed by atoms with van der Waals surface area (Å²) < 4.78 is 24.5. The van der Waals surface area contributed by atoms with Crippen molar-refractivity contribution in [2.24, 2.45) is 0 Å². The number of furan rings is 1. The van der Waals surface area contributed by atoms with Crippen molar-refractivity contribution in [2.45, 2.75) is 25.4 Å². The van der Waals surface area contributed by atoms with Gasteiger partial charge in [-0.05, 0) is 31.0 Å². The minimum absolute atomic E-state index is 0.298. The van der Waals surface area contributed by atoms with E-state index >= 15 is 0 Å². The second kappa shape index (κ2) is 5.05. The van der Waals surface area contributed by atoms with Crippen LogP contribution in [0.2, 0.25) is 0 Å². The maximum Gasteiger partial charge on any atom is 0.134 e. The largest absolute Gasteiger partial charge is 0.497 e. The summed E-state index contributed by atoms with van der Waals surface area (Å²) in [6, 6.07) is 7.26. The van der Waals surface area contributed by atoms with Crippen LogP contribution in [-0.4, -0.2) is 13.2 Å². The molecule has 1 aromatic carbocycles. The maximum absolute atomic E-state index is 14.0. The molecule has 1 N–H and O–H groups in total. The molecule has 1 aliphatic rings. The molecule has 19 heavy (non-hydrogen) atoms. The van der Waals surface area contributed by atoms with Crippen molar-refractivity contribution >= 4 is 0 Å². The molecule has 1 fully saturated rings. The third-order valence-corrected chi connectivity index (χ3v) is 3.34. The van der Waals surface area contributed by atoms with Crippen LogP contribution < -0.4 is 10.1 Å². The van der Waals surface area contributed by atoms with Crippen molar-refractivity contribution in [3.8, 4) is 16.9 Å². The quantitative estimate of drug-likeness (QED) is 0.896. The zero-order valence-electron chi connectivity index (χ0n) is 10.8. The fourth-order valence-corrected chi connectivity index (χ4v) is 2.08. The molecular formula is C15H16FNO2. The third-order valence-electron chi connectivity index (χ3n) is 3.34. The highest BCUT2D eigenvalue weighted by atomic mass is 19.1. The van der Waals surface area contributed by atoms with E-state index in [9.17, 15) is 4.39 Å². The van der Waals surface area contributed by atoms with Crippen LogP contribution in [0.1, 0.15) is 18.6 Å². The van der Waals surface area contributed by atoms with Crippen LogP contribution in [0.25, 0.3) is 11.1 Å². The van der Waals surface area contributed by atoms with Crippen molar-refractivity contribution in [1.29, 1.82) is 0 Å². The predicted octanol–water partition coefficient (Wildman–Crippen LogP) is 3.35. The molecule has 100 valence electrons. The highest BCUT2D eigenvalue weighted by molar-refractivity contribution is 5.66. The molecule has 0 aliphatic heterocycles. The van der Waals surface area contributed by atoms with E-state index < -0.39 is 0 Å². The van der Waals surface area contributed by atoms with Gasteiger partial charge in [-0.3, -0.25) is 0 Å². The van der Waals surface area contributed by atoms with E-state index in [2.05, 4.69) is 5.32 Å². The molecular weight excluding hydrogens is 245 g/mol. The van der Waals surface area contributed by atoms with Gasteiger partial charge in [0.25, 0.3) is 0 Å². The summed E-state index contributed by atoms with van der Waals surface area (Å²) >= 11 is 0. The Balaban J connectivity index is 1.86. The van der Waals surface area contributed by atoms with Crippen molar-refractivity contribution in [2.75, 3.05) is 7.11 Å². The summed E-state index contributed by atoms with van der Waals surface area (Å²) in [5, 5.41) is 3.37. The molecule has 1 heterocycles. The zero-order valence-corrected chi connectivity index (χ0v) is 10.8. The molecule has 0 unspecified atom stereocenters. The number of hydrogen-bond acceptors (Lipinski definition) is 3. The van der Waals surface area contributed by atoms with Gasteiger partial charge in [0.15, 0.2) is 0 Å². The van der Waals surface area contributed by atoms with Crippen molar-refractivity contribution in [3.05, 3.63) is 42.1 Å². The van der Waals surface area contributed by atoms with Gasteiger partial charge in [-0.1, -0.05) is 0 Å². The summed E-state index contributed by atoms with van der Waals surface area (Å²) in [7, 11) is 1.53. The minimum Gasteiger partial charge on any atom is -0.497 e. The molecule has 1 saturated carbocycles. The molecule has 0 atom stereocenters. The van der Waals surface area contributed by atoms with Crippen molar-refractivity contribution in [1.82, 2.24) is 5.32 Å². The van der Waals surface area contributed by atoms with E-state index in [-0.39, 0.29) is 5.82 Å². The molecule has 0 spiro atoms. The summed E-state index contributed by atoms with van der Waals surface area (Å²) in [5.41, 5.74) is 1.34. The van der Waals surface area contributed by atoms with E-state index in [4.69, 9.17) is 9.15 Å². The first-order chi connectivity index (χ1) is 9.28. The lowest BCUT2D eigenvalue weighted by atomic mass is 10.1. The Bertz CT molecular complexity index is 575. The molecule has 0 radical (unpaired) electrons. The minimum atomic E-state index is -0.298. The average molecular weight is 261 g/mol. The molecule has 1 aromatic heterocycles. The fourth-order valence-electron chi connectivity index (χ4n) is 2.08. The van der Waals surface area contributed by atoms with Gasteiger partial charge in [0.05, 0.1) is 19.9 Å². The average Bonchev–Trinajstić information content (AvgIpc) is 3.14. The van der Waals surface area contributed by atoms with Crippen LogP contribution in [0.3, 0.4) is 0 Å². The molecule has 3 rings (SSSR count). The number of ether oxygens (including phenoxy) is 1. The van der Waals surface area contributed by atoms with Gasteiger partial charge in [-0.25, -0.2) is 4.39 Å². The summed E-state index contributed by atoms with van der Waals surface area (Å²) in [6.45, 7) is 0.637. The maximum atomic E-state index is 14.0. The fraction of sp³-hybridized carbons (Fsp3) is 0.333. The van der Waals surface area contributed by atoms with Crippen LogP contribution in [-0.2, 0) is 6.54 Å². The predicted molar refractivity (Wildman–Crippen MR) is 70.5 cm³/mol. The Hall–Kier alpha value is -1.81. The lowest BCUT2D eigenvalue weighted by Gasteiger charge is -2.07. The normalized spacial score (nSPS) is 14.6. The van der Waals surface area contributed by atoms with Gasteiger partial charge in [-0.15, -0.1) is 0 Å². The second-order valence-corrected chi connectivity index (χ2v) is 4.76. The first-order valence-corrected chi connectivity index (χ1v) is 6.41. The Kier molecular flexibility index (Phi) is 3.25. The Morgan fingerprint density at radius 1 is 1.32 bits per heavy atom. The SMILES string of the molecule is COc1ccc(-c2ccoc2CNC2CC2)c(F)c1. The van der Waals surface area contributed by atoms with Gasteiger partial charge < -0.3 is 14.5 Å². The molecule has 2 aromatic rings. The number of halogens is 1. The first kappa shape index (κ1) is 12.2.